The summed E-state index contributed by atoms with van der Waals surface area (Å²) >= 11 is 0. The summed E-state index contributed by atoms with van der Waals surface area (Å²) in [5, 5.41) is 0. The maximum atomic E-state index is 2.47. The van der Waals surface area contributed by atoms with E-state index in [0.717, 1.165) is 5.92 Å². The quantitative estimate of drug-likeness (QED) is 0.564. The van der Waals surface area contributed by atoms with Crippen LogP contribution in [-0.4, -0.2) is 0 Å². The predicted octanol–water partition coefficient (Wildman–Crippen LogP) is 4.00. The maximum Gasteiger partial charge on any atom is -0.0326 e. The van der Waals surface area contributed by atoms with Crippen molar-refractivity contribution in [3.63, 3.8) is 0 Å². The summed E-state index contributed by atoms with van der Waals surface area (Å²) in [5.41, 5.74) is 0.710. The molecule has 11 heavy (non-hydrogen) atoms. The van der Waals surface area contributed by atoms with Crippen LogP contribution in [0.4, 0.5) is 0 Å². The Morgan fingerprint density at radius 2 is 1.82 bits per heavy atom. The summed E-state index contributed by atoms with van der Waals surface area (Å²) in [6, 6.07) is 0. The van der Waals surface area contributed by atoms with Gasteiger partial charge in [-0.1, -0.05) is 40.0 Å². The van der Waals surface area contributed by atoms with Gasteiger partial charge in [0.25, 0.3) is 0 Å². The Kier molecular flexibility index (Phi) is 2.98. The van der Waals surface area contributed by atoms with Gasteiger partial charge in [0.15, 0.2) is 0 Å². The molecule has 0 nitrogen and oxygen atoms in total. The molecule has 0 unspecified atom stereocenters. The van der Waals surface area contributed by atoms with Crippen molar-refractivity contribution in [3.8, 4) is 0 Å². The van der Waals surface area contributed by atoms with Crippen LogP contribution in [0.1, 0.15) is 59.3 Å². The summed E-state index contributed by atoms with van der Waals surface area (Å²) in [4.78, 5) is 0. The second kappa shape index (κ2) is 3.60. The van der Waals surface area contributed by atoms with Gasteiger partial charge in [-0.15, -0.1) is 0 Å². The predicted molar refractivity (Wildman–Crippen MR) is 50.6 cm³/mol. The van der Waals surface area contributed by atoms with Crippen LogP contribution in [0.5, 0.6) is 0 Å². The molecule has 0 spiro atoms. The molecule has 0 saturated heterocycles. The Hall–Kier alpha value is 0. The summed E-state index contributed by atoms with van der Waals surface area (Å²) in [5.74, 6) is 1.000. The molecule has 0 aromatic carbocycles. The third-order valence-electron chi connectivity index (χ3n) is 3.33. The minimum atomic E-state index is 0.710. The van der Waals surface area contributed by atoms with Crippen LogP contribution in [0.3, 0.4) is 0 Å². The van der Waals surface area contributed by atoms with Crippen molar-refractivity contribution < 1.29 is 0 Å². The van der Waals surface area contributed by atoms with E-state index in [0.29, 0.717) is 5.41 Å². The molecule has 66 valence electrons. The van der Waals surface area contributed by atoms with Gasteiger partial charge in [-0.3, -0.25) is 0 Å². The van der Waals surface area contributed by atoms with Crippen molar-refractivity contribution in [2.75, 3.05) is 0 Å². The second-order valence-electron chi connectivity index (χ2n) is 4.74. The van der Waals surface area contributed by atoms with Crippen LogP contribution in [0.15, 0.2) is 0 Å². The van der Waals surface area contributed by atoms with Gasteiger partial charge in [0.1, 0.15) is 0 Å². The van der Waals surface area contributed by atoms with E-state index in [1.54, 1.807) is 0 Å². The first kappa shape index (κ1) is 9.09. The van der Waals surface area contributed by atoms with E-state index >= 15 is 0 Å². The SMILES string of the molecule is CCCC1(C)CCC(C)CC1. The van der Waals surface area contributed by atoms with E-state index in [-0.39, 0.29) is 0 Å². The van der Waals surface area contributed by atoms with Crippen molar-refractivity contribution >= 4 is 0 Å². The Morgan fingerprint density at radius 3 is 2.27 bits per heavy atom. The molecule has 1 aliphatic rings. The molecule has 1 saturated carbocycles. The normalized spacial score (nSPS) is 39.0. The lowest BCUT2D eigenvalue weighted by Crippen LogP contribution is -2.23. The van der Waals surface area contributed by atoms with Gasteiger partial charge in [-0.05, 0) is 30.6 Å². The highest BCUT2D eigenvalue weighted by Crippen LogP contribution is 2.41. The van der Waals surface area contributed by atoms with Crippen LogP contribution in [0.25, 0.3) is 0 Å². The van der Waals surface area contributed by atoms with Crippen molar-refractivity contribution in [1.29, 1.82) is 0 Å². The zero-order valence-corrected chi connectivity index (χ0v) is 8.32. The van der Waals surface area contributed by atoms with Crippen molar-refractivity contribution in [2.45, 2.75) is 59.3 Å². The highest BCUT2D eigenvalue weighted by Gasteiger charge is 2.28. The minimum Gasteiger partial charge on any atom is -0.0654 e. The molecule has 0 bridgehead atoms. The lowest BCUT2D eigenvalue weighted by atomic mass is 9.70. The molecule has 0 atom stereocenters. The van der Waals surface area contributed by atoms with E-state index < -0.39 is 0 Å². The molecule has 1 aliphatic carbocycles. The van der Waals surface area contributed by atoms with E-state index in [1.165, 1.54) is 38.5 Å². The van der Waals surface area contributed by atoms with Crippen molar-refractivity contribution in [3.05, 3.63) is 0 Å². The first-order chi connectivity index (χ1) is 5.16. The highest BCUT2D eigenvalue weighted by molar-refractivity contribution is 4.80. The number of hydrogen-bond donors (Lipinski definition) is 0. The first-order valence-corrected chi connectivity index (χ1v) is 5.16. The standard InChI is InChI=1S/C11H22/c1-4-7-11(3)8-5-10(2)6-9-11/h10H,4-9H2,1-3H3. The average Bonchev–Trinajstić information content (AvgIpc) is 1.97. The summed E-state index contributed by atoms with van der Waals surface area (Å²) in [6.07, 6.45) is 8.70. The van der Waals surface area contributed by atoms with Crippen molar-refractivity contribution in [2.24, 2.45) is 11.3 Å². The Balaban J connectivity index is 2.35. The van der Waals surface area contributed by atoms with Crippen LogP contribution >= 0.6 is 0 Å². The van der Waals surface area contributed by atoms with Gasteiger partial charge < -0.3 is 0 Å². The molecular formula is C11H22. The Bertz CT molecular complexity index is 107. The Morgan fingerprint density at radius 1 is 1.27 bits per heavy atom. The van der Waals surface area contributed by atoms with E-state index in [2.05, 4.69) is 20.8 Å². The van der Waals surface area contributed by atoms with Gasteiger partial charge in [0, 0.05) is 0 Å². The van der Waals surface area contributed by atoms with Crippen LogP contribution in [0, 0.1) is 11.3 Å². The molecule has 0 aliphatic heterocycles. The van der Waals surface area contributed by atoms with E-state index in [1.807, 2.05) is 0 Å². The van der Waals surface area contributed by atoms with Crippen LogP contribution in [-0.2, 0) is 0 Å². The topological polar surface area (TPSA) is 0 Å². The van der Waals surface area contributed by atoms with E-state index in [4.69, 9.17) is 0 Å². The van der Waals surface area contributed by atoms with Gasteiger partial charge in [0.2, 0.25) is 0 Å². The summed E-state index contributed by atoms with van der Waals surface area (Å²) in [6.45, 7) is 7.18. The maximum absolute atomic E-state index is 2.47. The lowest BCUT2D eigenvalue weighted by molar-refractivity contribution is 0.163. The van der Waals surface area contributed by atoms with Gasteiger partial charge in [-0.25, -0.2) is 0 Å². The molecule has 0 heteroatoms. The van der Waals surface area contributed by atoms with Gasteiger partial charge in [0.05, 0.1) is 0 Å². The second-order valence-corrected chi connectivity index (χ2v) is 4.74. The molecule has 0 heterocycles. The summed E-state index contributed by atoms with van der Waals surface area (Å²) in [7, 11) is 0. The average molecular weight is 154 g/mol. The minimum absolute atomic E-state index is 0.710. The smallest absolute Gasteiger partial charge is 0.0326 e. The molecular weight excluding hydrogens is 132 g/mol. The highest BCUT2D eigenvalue weighted by atomic mass is 14.3. The van der Waals surface area contributed by atoms with Gasteiger partial charge in [-0.2, -0.15) is 0 Å². The zero-order chi connectivity index (χ0) is 8.32. The molecule has 0 radical (unpaired) electrons. The summed E-state index contributed by atoms with van der Waals surface area (Å²) < 4.78 is 0. The van der Waals surface area contributed by atoms with Gasteiger partial charge >= 0.3 is 0 Å². The first-order valence-electron chi connectivity index (χ1n) is 5.16. The fourth-order valence-corrected chi connectivity index (χ4v) is 2.31. The molecule has 1 rings (SSSR count). The van der Waals surface area contributed by atoms with E-state index in [9.17, 15) is 0 Å². The van der Waals surface area contributed by atoms with Crippen LogP contribution in [0.2, 0.25) is 0 Å². The molecule has 0 aromatic heterocycles. The molecule has 1 fully saturated rings. The largest absolute Gasteiger partial charge is 0.0654 e. The third kappa shape index (κ3) is 2.50. The number of rotatable bonds is 2. The fraction of sp³-hybridized carbons (Fsp3) is 1.00. The fourth-order valence-electron chi connectivity index (χ4n) is 2.31. The van der Waals surface area contributed by atoms with Crippen LogP contribution < -0.4 is 0 Å². The molecule has 0 N–H and O–H groups in total. The third-order valence-corrected chi connectivity index (χ3v) is 3.33. The molecule has 0 aromatic rings. The Labute approximate surface area is 71.4 Å². The lowest BCUT2D eigenvalue weighted by Gasteiger charge is -2.36. The number of hydrogen-bond acceptors (Lipinski definition) is 0. The molecule has 0 amide bonds. The van der Waals surface area contributed by atoms with Crippen molar-refractivity contribution in [1.82, 2.24) is 0 Å². The monoisotopic (exact) mass is 154 g/mol. The zero-order valence-electron chi connectivity index (χ0n) is 8.32.